The Balaban J connectivity index is 1.94. The molecular formula is C25H22FNO6. The van der Waals surface area contributed by atoms with Crippen molar-refractivity contribution in [3.05, 3.63) is 102 Å². The number of carbonyl (C=O) groups excluding carboxylic acids is 1. The summed E-state index contributed by atoms with van der Waals surface area (Å²) in [6.45, 7) is 1.90. The van der Waals surface area contributed by atoms with E-state index in [1.165, 1.54) is 12.1 Å². The van der Waals surface area contributed by atoms with Gasteiger partial charge in [0.2, 0.25) is 0 Å². The van der Waals surface area contributed by atoms with Crippen molar-refractivity contribution in [1.29, 1.82) is 0 Å². The summed E-state index contributed by atoms with van der Waals surface area (Å²) in [7, 11) is 0. The Kier molecular flexibility index (Phi) is 7.64. The summed E-state index contributed by atoms with van der Waals surface area (Å²) in [6, 6.07) is 18.9. The molecule has 170 valence electrons. The lowest BCUT2D eigenvalue weighted by Gasteiger charge is -2.26. The van der Waals surface area contributed by atoms with Gasteiger partial charge in [-0.05, 0) is 55.0 Å². The van der Waals surface area contributed by atoms with Crippen LogP contribution in [0.3, 0.4) is 0 Å². The summed E-state index contributed by atoms with van der Waals surface area (Å²) in [4.78, 5) is 23.8. The first-order valence-corrected chi connectivity index (χ1v) is 9.97. The molecule has 0 fully saturated rings. The third kappa shape index (κ3) is 6.83. The fourth-order valence-corrected chi connectivity index (χ4v) is 2.96. The number of hydrogen-bond acceptors (Lipinski definition) is 5. The molecule has 0 heterocycles. The lowest BCUT2D eigenvalue weighted by molar-refractivity contribution is -0.131. The smallest absolute Gasteiger partial charge is 0.412 e. The fraction of sp³-hybridized carbons (Fsp3) is 0.120. The number of nitrogens with one attached hydrogen (secondary N) is 1. The number of carbonyl (C=O) groups is 2. The minimum atomic E-state index is -1.25. The Morgan fingerprint density at radius 3 is 2.36 bits per heavy atom. The lowest BCUT2D eigenvalue weighted by Crippen LogP contribution is -2.30. The van der Waals surface area contributed by atoms with Crippen LogP contribution >= 0.6 is 0 Å². The molecule has 0 saturated carbocycles. The monoisotopic (exact) mass is 451 g/mol. The van der Waals surface area contributed by atoms with E-state index in [1.807, 2.05) is 6.92 Å². The van der Waals surface area contributed by atoms with Crippen molar-refractivity contribution in [1.82, 2.24) is 0 Å². The molecule has 0 saturated heterocycles. The summed E-state index contributed by atoms with van der Waals surface area (Å²) in [5, 5.41) is 21.2. The van der Waals surface area contributed by atoms with Crippen molar-refractivity contribution in [2.45, 2.75) is 19.1 Å². The Bertz CT molecular complexity index is 1130. The number of carboxylic acid groups (broad SMARTS) is 1. The van der Waals surface area contributed by atoms with Crippen molar-refractivity contribution < 1.29 is 33.7 Å². The number of para-hydroxylation sites is 1. The highest BCUT2D eigenvalue weighted by molar-refractivity contribution is 5.85. The molecule has 0 radical (unpaired) electrons. The Morgan fingerprint density at radius 1 is 1.03 bits per heavy atom. The van der Waals surface area contributed by atoms with Gasteiger partial charge in [0.15, 0.2) is 23.8 Å². The fourth-order valence-electron chi connectivity index (χ4n) is 2.96. The van der Waals surface area contributed by atoms with Gasteiger partial charge in [0.1, 0.15) is 5.75 Å². The van der Waals surface area contributed by atoms with Gasteiger partial charge in [-0.3, -0.25) is 5.32 Å². The maximum Gasteiger partial charge on any atom is 0.412 e. The number of anilines is 1. The summed E-state index contributed by atoms with van der Waals surface area (Å²) >= 11 is 0. The van der Waals surface area contributed by atoms with Crippen LogP contribution in [0, 0.1) is 12.7 Å². The highest BCUT2D eigenvalue weighted by Gasteiger charge is 2.28. The predicted molar refractivity (Wildman–Crippen MR) is 120 cm³/mol. The van der Waals surface area contributed by atoms with Gasteiger partial charge in [-0.15, -0.1) is 0 Å². The molecular weight excluding hydrogens is 429 g/mol. The van der Waals surface area contributed by atoms with Gasteiger partial charge < -0.3 is 19.7 Å². The van der Waals surface area contributed by atoms with Crippen LogP contribution < -0.4 is 10.1 Å². The number of phenols is 1. The van der Waals surface area contributed by atoms with Crippen LogP contribution in [0.4, 0.5) is 14.9 Å². The number of carboxylic acids is 1. The first-order chi connectivity index (χ1) is 15.8. The van der Waals surface area contributed by atoms with Crippen molar-refractivity contribution >= 4 is 17.7 Å². The van der Waals surface area contributed by atoms with Gasteiger partial charge in [0, 0.05) is 11.8 Å². The highest BCUT2D eigenvalue weighted by atomic mass is 19.1. The molecule has 7 nitrogen and oxygen atoms in total. The first-order valence-electron chi connectivity index (χ1n) is 9.97. The molecule has 8 heteroatoms. The molecule has 3 rings (SSSR count). The van der Waals surface area contributed by atoms with E-state index in [4.69, 9.17) is 14.6 Å². The predicted octanol–water partition coefficient (Wildman–Crippen LogP) is 5.22. The number of ether oxygens (including phenoxy) is 2. The molecule has 33 heavy (non-hydrogen) atoms. The second-order valence-electron chi connectivity index (χ2n) is 7.12. The molecule has 2 atom stereocenters. The molecule has 0 bridgehead atoms. The zero-order valence-corrected chi connectivity index (χ0v) is 17.6. The number of rotatable bonds is 8. The molecule has 0 unspecified atom stereocenters. The molecule has 1 amide bonds. The van der Waals surface area contributed by atoms with Crippen molar-refractivity contribution in [3.63, 3.8) is 0 Å². The molecule has 3 N–H and O–H groups in total. The van der Waals surface area contributed by atoms with E-state index in [0.717, 1.165) is 23.8 Å². The van der Waals surface area contributed by atoms with Gasteiger partial charge in [-0.25, -0.2) is 14.0 Å². The molecule has 0 aliphatic rings. The van der Waals surface area contributed by atoms with Crippen LogP contribution in [-0.4, -0.2) is 28.4 Å². The Hall–Kier alpha value is -4.33. The van der Waals surface area contributed by atoms with Gasteiger partial charge >= 0.3 is 12.1 Å². The summed E-state index contributed by atoms with van der Waals surface area (Å²) in [6.07, 6.45) is -1.19. The zero-order valence-electron chi connectivity index (χ0n) is 17.6. The maximum atomic E-state index is 14.1. The van der Waals surface area contributed by atoms with Crippen LogP contribution in [0.25, 0.3) is 0 Å². The third-order valence-corrected chi connectivity index (χ3v) is 4.57. The number of phenolic OH excluding ortho intramolecular Hbond substituents is 1. The van der Waals surface area contributed by atoms with E-state index >= 15 is 0 Å². The van der Waals surface area contributed by atoms with E-state index in [2.05, 4.69) is 5.32 Å². The first kappa shape index (κ1) is 23.3. The van der Waals surface area contributed by atoms with Crippen LogP contribution in [-0.2, 0) is 9.53 Å². The van der Waals surface area contributed by atoms with Gasteiger partial charge in [-0.2, -0.15) is 0 Å². The summed E-state index contributed by atoms with van der Waals surface area (Å²) in [5.41, 5.74) is 1.63. The van der Waals surface area contributed by atoms with Gasteiger partial charge in [0.05, 0.1) is 0 Å². The molecule has 0 aliphatic heterocycles. The number of hydrogen-bond donors (Lipinski definition) is 3. The maximum absolute atomic E-state index is 14.1. The average Bonchev–Trinajstić information content (AvgIpc) is 2.79. The molecule has 0 aliphatic carbocycles. The number of halogens is 1. The Labute approximate surface area is 189 Å². The number of aliphatic carboxylic acids is 1. The van der Waals surface area contributed by atoms with Gasteiger partial charge in [-0.1, -0.05) is 42.0 Å². The summed E-state index contributed by atoms with van der Waals surface area (Å²) in [5.74, 6) is -2.37. The molecule has 0 spiro atoms. The van der Waals surface area contributed by atoms with Crippen LogP contribution in [0.15, 0.2) is 84.9 Å². The van der Waals surface area contributed by atoms with Crippen molar-refractivity contribution in [2.24, 2.45) is 0 Å². The average molecular weight is 451 g/mol. The number of amides is 1. The quantitative estimate of drug-likeness (QED) is 0.406. The van der Waals surface area contributed by atoms with Crippen LogP contribution in [0.1, 0.15) is 17.2 Å². The van der Waals surface area contributed by atoms with Crippen molar-refractivity contribution in [2.75, 3.05) is 5.32 Å². The second kappa shape index (κ2) is 10.8. The molecule has 0 aromatic heterocycles. The topological polar surface area (TPSA) is 105 Å². The summed E-state index contributed by atoms with van der Waals surface area (Å²) < 4.78 is 25.5. The van der Waals surface area contributed by atoms with Crippen molar-refractivity contribution in [3.8, 4) is 11.5 Å². The molecule has 3 aromatic carbocycles. The minimum Gasteiger partial charge on any atom is -0.505 e. The third-order valence-electron chi connectivity index (χ3n) is 4.57. The molecule has 3 aromatic rings. The van der Waals surface area contributed by atoms with E-state index in [1.54, 1.807) is 54.6 Å². The standard InChI is InChI=1S/C25H22FNO6/c1-16-7-10-18(11-8-16)27-25(31)33-24(17-9-12-21(28)20(26)15-17)22(13-14-23(29)30)32-19-5-3-2-4-6-19/h2-15,22,24,28H,1H3,(H,27,31)(H,29,30)/b14-13+/t22-,24-/m0/s1. The van der Waals surface area contributed by atoms with Crippen LogP contribution in [0.2, 0.25) is 0 Å². The largest absolute Gasteiger partial charge is 0.505 e. The Morgan fingerprint density at radius 2 is 1.73 bits per heavy atom. The normalized spacial score (nSPS) is 12.7. The number of benzene rings is 3. The highest BCUT2D eigenvalue weighted by Crippen LogP contribution is 2.30. The number of aryl methyl sites for hydroxylation is 1. The zero-order chi connectivity index (χ0) is 23.8. The second-order valence-corrected chi connectivity index (χ2v) is 7.12. The van der Waals surface area contributed by atoms with E-state index < -0.39 is 35.8 Å². The minimum absolute atomic E-state index is 0.153. The van der Waals surface area contributed by atoms with E-state index in [9.17, 15) is 19.1 Å². The number of aromatic hydroxyl groups is 1. The van der Waals surface area contributed by atoms with Gasteiger partial charge in [0.25, 0.3) is 0 Å². The van der Waals surface area contributed by atoms with Crippen LogP contribution in [0.5, 0.6) is 11.5 Å². The lowest BCUT2D eigenvalue weighted by atomic mass is 10.0. The SMILES string of the molecule is Cc1ccc(NC(=O)O[C@@H](c2ccc(O)c(F)c2)[C@H](/C=C/C(=O)O)Oc2ccccc2)cc1. The van der Waals surface area contributed by atoms with E-state index in [0.29, 0.717) is 11.4 Å². The van der Waals surface area contributed by atoms with E-state index in [-0.39, 0.29) is 5.56 Å².